The molecule has 0 N–H and O–H groups in total. The monoisotopic (exact) mass is 269 g/mol. The topological polar surface area (TPSA) is 26.3 Å². The van der Waals surface area contributed by atoms with Crippen molar-refractivity contribution in [2.45, 2.75) is 58.9 Å². The summed E-state index contributed by atoms with van der Waals surface area (Å²) in [6.07, 6.45) is 0. The number of benzene rings is 1. The molecular weight excluding hydrogens is 241 g/mol. The minimum Gasteiger partial charge on any atom is -0.872 e. The van der Waals surface area contributed by atoms with Crippen LogP contribution in [0.15, 0.2) is 12.1 Å². The van der Waals surface area contributed by atoms with Crippen molar-refractivity contribution in [1.82, 2.24) is 4.90 Å². The number of nitrogens with zero attached hydrogens (tertiary/aromatic N) is 1. The van der Waals surface area contributed by atoms with E-state index in [1.807, 2.05) is 0 Å². The Hall–Kier alpha value is -0.423. The van der Waals surface area contributed by atoms with Gasteiger partial charge in [-0.2, -0.15) is 0 Å². The Labute approximate surface area is 136 Å². The second kappa shape index (κ2) is 6.56. The molecule has 2 nitrogen and oxygen atoms in total. The van der Waals surface area contributed by atoms with Crippen LogP contribution >= 0.6 is 0 Å². The molecule has 0 fully saturated rings. The maximum Gasteiger partial charge on any atom is 1.00 e. The van der Waals surface area contributed by atoms with Crippen molar-refractivity contribution < 1.29 is 24.0 Å². The van der Waals surface area contributed by atoms with E-state index in [4.69, 9.17) is 0 Å². The van der Waals surface area contributed by atoms with Crippen molar-refractivity contribution in [3.8, 4) is 5.75 Å². The molecule has 1 aromatic rings. The van der Waals surface area contributed by atoms with E-state index in [9.17, 15) is 5.11 Å². The fourth-order valence-corrected chi connectivity index (χ4v) is 2.26. The Morgan fingerprint density at radius 1 is 0.900 bits per heavy atom. The zero-order chi connectivity index (χ0) is 15.0. The predicted molar refractivity (Wildman–Crippen MR) is 80.7 cm³/mol. The van der Waals surface area contributed by atoms with Crippen molar-refractivity contribution in [1.29, 1.82) is 0 Å². The number of hydrogen-bond acceptors (Lipinski definition) is 2. The van der Waals surface area contributed by atoms with Gasteiger partial charge in [0.2, 0.25) is 0 Å². The maximum atomic E-state index is 12.7. The first kappa shape index (κ1) is 19.6. The van der Waals surface area contributed by atoms with Gasteiger partial charge in [0.1, 0.15) is 0 Å². The van der Waals surface area contributed by atoms with Crippen LogP contribution in [0, 0.1) is 0 Å². The molecule has 0 amide bonds. The molecule has 0 aliphatic rings. The first-order chi connectivity index (χ1) is 8.43. The molecule has 1 aromatic carbocycles. The van der Waals surface area contributed by atoms with Crippen molar-refractivity contribution in [3.05, 3.63) is 28.8 Å². The molecule has 0 radical (unpaired) electrons. The molecule has 0 aromatic heterocycles. The molecule has 0 atom stereocenters. The fourth-order valence-electron chi connectivity index (χ4n) is 2.26. The van der Waals surface area contributed by atoms with Crippen LogP contribution in [-0.4, -0.2) is 19.0 Å². The van der Waals surface area contributed by atoms with Crippen LogP contribution in [0.1, 0.15) is 58.2 Å². The predicted octanol–water partition coefficient (Wildman–Crippen LogP) is 0.421. The van der Waals surface area contributed by atoms with E-state index in [2.05, 4.69) is 72.7 Å². The molecule has 0 saturated heterocycles. The van der Waals surface area contributed by atoms with Gasteiger partial charge in [-0.1, -0.05) is 53.7 Å². The molecule has 0 spiro atoms. The maximum absolute atomic E-state index is 12.7. The van der Waals surface area contributed by atoms with Gasteiger partial charge in [0.15, 0.2) is 0 Å². The summed E-state index contributed by atoms with van der Waals surface area (Å²) >= 11 is 0. The fraction of sp³-hybridized carbons (Fsp3) is 0.647. The third-order valence-electron chi connectivity index (χ3n) is 3.26. The second-order valence-electron chi connectivity index (χ2n) is 7.76. The summed E-state index contributed by atoms with van der Waals surface area (Å²) in [6, 6.07) is 4.16. The summed E-state index contributed by atoms with van der Waals surface area (Å²) in [5.41, 5.74) is 2.85. The second-order valence-corrected chi connectivity index (χ2v) is 7.76. The van der Waals surface area contributed by atoms with Gasteiger partial charge >= 0.3 is 18.9 Å². The van der Waals surface area contributed by atoms with E-state index in [1.54, 1.807) is 0 Å². The molecule has 1 rings (SSSR count). The zero-order valence-electron chi connectivity index (χ0n) is 14.7. The van der Waals surface area contributed by atoms with Gasteiger partial charge in [-0.05, 0) is 41.6 Å². The van der Waals surface area contributed by atoms with Gasteiger partial charge in [-0.25, -0.2) is 0 Å². The number of rotatable bonds is 2. The molecule has 0 heterocycles. The molecule has 108 valence electrons. The quantitative estimate of drug-likeness (QED) is 0.728. The summed E-state index contributed by atoms with van der Waals surface area (Å²) in [6.45, 7) is 13.5. The van der Waals surface area contributed by atoms with Gasteiger partial charge in [0.05, 0.1) is 0 Å². The third kappa shape index (κ3) is 4.84. The number of hydrogen-bond donors (Lipinski definition) is 0. The third-order valence-corrected chi connectivity index (χ3v) is 3.26. The average molecular weight is 269 g/mol. The molecule has 20 heavy (non-hydrogen) atoms. The van der Waals surface area contributed by atoms with E-state index in [0.717, 1.165) is 17.7 Å². The van der Waals surface area contributed by atoms with Gasteiger partial charge in [0.25, 0.3) is 0 Å². The molecule has 0 aliphatic heterocycles. The Morgan fingerprint density at radius 2 is 1.25 bits per heavy atom. The van der Waals surface area contributed by atoms with Crippen molar-refractivity contribution in [3.63, 3.8) is 0 Å². The normalized spacial score (nSPS) is 12.4. The molecule has 0 saturated carbocycles. The molecule has 3 heteroatoms. The van der Waals surface area contributed by atoms with E-state index < -0.39 is 0 Å². The smallest absolute Gasteiger partial charge is 0.872 e. The molecule has 0 aliphatic carbocycles. The van der Waals surface area contributed by atoms with E-state index >= 15 is 0 Å². The summed E-state index contributed by atoms with van der Waals surface area (Å²) in [7, 11) is 4.11. The first-order valence-corrected chi connectivity index (χ1v) is 6.92. The van der Waals surface area contributed by atoms with Gasteiger partial charge in [-0.15, -0.1) is 5.75 Å². The van der Waals surface area contributed by atoms with Crippen molar-refractivity contribution in [2.75, 3.05) is 14.1 Å². The van der Waals surface area contributed by atoms with Crippen LogP contribution < -0.4 is 24.0 Å². The summed E-state index contributed by atoms with van der Waals surface area (Å²) in [5, 5.41) is 12.7. The Balaban J connectivity index is 0.00000361. The zero-order valence-corrected chi connectivity index (χ0v) is 14.7. The van der Waals surface area contributed by atoms with Crippen LogP contribution in [0.5, 0.6) is 5.75 Å². The molecular formula is C17H28LiNO. The van der Waals surface area contributed by atoms with E-state index in [0.29, 0.717) is 0 Å². The van der Waals surface area contributed by atoms with Crippen LogP contribution in [-0.2, 0) is 17.4 Å². The van der Waals surface area contributed by atoms with Crippen LogP contribution in [0.2, 0.25) is 0 Å². The van der Waals surface area contributed by atoms with Gasteiger partial charge < -0.3 is 10.0 Å². The van der Waals surface area contributed by atoms with Crippen molar-refractivity contribution >= 4 is 0 Å². The Kier molecular flexibility index (Phi) is 6.42. The van der Waals surface area contributed by atoms with Crippen LogP contribution in [0.4, 0.5) is 0 Å². The summed E-state index contributed by atoms with van der Waals surface area (Å²) in [5.74, 6) is 0.211. The Bertz CT molecular complexity index is 418. The largest absolute Gasteiger partial charge is 1.00 e. The van der Waals surface area contributed by atoms with E-state index in [1.165, 1.54) is 5.56 Å². The average Bonchev–Trinajstić information content (AvgIpc) is 2.16. The standard InChI is InChI=1S/C17H29NO.Li/c1-16(2,3)13-9-12(11-18(7)8)10-14(15(13)19)17(4,5)6;/h9-10,19H,11H2,1-8H3;/q;+1/p-1. The van der Waals surface area contributed by atoms with E-state index in [-0.39, 0.29) is 35.4 Å². The minimum absolute atomic E-state index is 0. The molecule has 0 bridgehead atoms. The van der Waals surface area contributed by atoms with Crippen LogP contribution in [0.25, 0.3) is 0 Å². The minimum atomic E-state index is -0.112. The summed E-state index contributed by atoms with van der Waals surface area (Å²) in [4.78, 5) is 2.14. The first-order valence-electron chi connectivity index (χ1n) is 6.92. The SMILES string of the molecule is CN(C)Cc1cc(C(C)(C)C)c([O-])c(C(C)(C)C)c1.[Li+]. The van der Waals surface area contributed by atoms with Crippen molar-refractivity contribution in [2.24, 2.45) is 0 Å². The Morgan fingerprint density at radius 3 is 1.50 bits per heavy atom. The summed E-state index contributed by atoms with van der Waals surface area (Å²) < 4.78 is 0. The van der Waals surface area contributed by atoms with Gasteiger partial charge in [0, 0.05) is 6.54 Å². The molecule has 0 unspecified atom stereocenters. The van der Waals surface area contributed by atoms with Crippen LogP contribution in [0.3, 0.4) is 0 Å². The van der Waals surface area contributed by atoms with Gasteiger partial charge in [-0.3, -0.25) is 0 Å².